The third-order valence-electron chi connectivity index (χ3n) is 3.30. The number of nitrogens with one attached hydrogen (secondary N) is 1. The van der Waals surface area contributed by atoms with Crippen molar-refractivity contribution in [3.05, 3.63) is 48.7 Å². The van der Waals surface area contributed by atoms with Gasteiger partial charge in [0.15, 0.2) is 5.69 Å². The van der Waals surface area contributed by atoms with E-state index in [4.69, 9.17) is 10.5 Å². The molecule has 0 aliphatic heterocycles. The number of carbonyl (C=O) groups is 1. The van der Waals surface area contributed by atoms with Crippen LogP contribution in [0.3, 0.4) is 0 Å². The largest absolute Gasteiger partial charge is 0.494 e. The molecule has 3 N–H and O–H groups in total. The summed E-state index contributed by atoms with van der Waals surface area (Å²) < 4.78 is 7.69. The van der Waals surface area contributed by atoms with Gasteiger partial charge in [0, 0.05) is 24.5 Å². The fraction of sp³-hybridized carbons (Fsp3) is 0.200. The number of hydrogen-bond donors (Lipinski definition) is 2. The van der Waals surface area contributed by atoms with E-state index in [1.54, 1.807) is 12.5 Å². The fourth-order valence-electron chi connectivity index (χ4n) is 2.17. The van der Waals surface area contributed by atoms with Crippen LogP contribution in [0.15, 0.2) is 43.0 Å². The lowest BCUT2D eigenvalue weighted by molar-refractivity contribution is 0.0996. The summed E-state index contributed by atoms with van der Waals surface area (Å²) in [7, 11) is 0. The average Bonchev–Trinajstić information content (AvgIpc) is 3.23. The zero-order valence-corrected chi connectivity index (χ0v) is 12.3. The van der Waals surface area contributed by atoms with Gasteiger partial charge >= 0.3 is 0 Å². The number of imidazole rings is 1. The molecule has 0 spiro atoms. The van der Waals surface area contributed by atoms with Gasteiger partial charge < -0.3 is 15.0 Å². The van der Waals surface area contributed by atoms with Crippen LogP contribution in [0.4, 0.5) is 0 Å². The first-order chi connectivity index (χ1) is 11.2. The Morgan fingerprint density at radius 2 is 2.09 bits per heavy atom. The highest BCUT2D eigenvalue weighted by atomic mass is 16.5. The van der Waals surface area contributed by atoms with Crippen LogP contribution in [0.2, 0.25) is 0 Å². The number of H-pyrrole nitrogens is 1. The minimum atomic E-state index is -0.617. The zero-order chi connectivity index (χ0) is 16.1. The molecule has 0 aliphatic rings. The predicted molar refractivity (Wildman–Crippen MR) is 82.7 cm³/mol. The summed E-state index contributed by atoms with van der Waals surface area (Å²) in [4.78, 5) is 15.3. The molecule has 1 amide bonds. The Bertz CT molecular complexity index is 764. The van der Waals surface area contributed by atoms with Gasteiger partial charge in [-0.1, -0.05) is 0 Å². The summed E-state index contributed by atoms with van der Waals surface area (Å²) in [6.45, 7) is 1.47. The molecule has 0 saturated heterocycles. The van der Waals surface area contributed by atoms with E-state index in [2.05, 4.69) is 20.4 Å². The normalized spacial score (nSPS) is 10.6. The lowest BCUT2D eigenvalue weighted by Gasteiger charge is -2.07. The molecule has 1 aromatic carbocycles. The van der Waals surface area contributed by atoms with Gasteiger partial charge in [-0.25, -0.2) is 4.98 Å². The maximum atomic E-state index is 11.3. The summed E-state index contributed by atoms with van der Waals surface area (Å²) in [5.74, 6) is 0.136. The summed E-state index contributed by atoms with van der Waals surface area (Å²) in [6.07, 6.45) is 6.34. The summed E-state index contributed by atoms with van der Waals surface area (Å²) in [5.41, 5.74) is 6.56. The Kier molecular flexibility index (Phi) is 4.32. The van der Waals surface area contributed by atoms with Gasteiger partial charge in [0.2, 0.25) is 0 Å². The highest BCUT2D eigenvalue weighted by Crippen LogP contribution is 2.22. The first-order valence-electron chi connectivity index (χ1n) is 7.13. The highest BCUT2D eigenvalue weighted by Gasteiger charge is 2.14. The number of nitrogens with two attached hydrogens (primary N) is 1. The van der Waals surface area contributed by atoms with Crippen molar-refractivity contribution in [2.45, 2.75) is 13.0 Å². The molecule has 0 aliphatic carbocycles. The second-order valence-corrected chi connectivity index (χ2v) is 4.91. The van der Waals surface area contributed by atoms with Crippen LogP contribution >= 0.6 is 0 Å². The Balaban J connectivity index is 1.56. The van der Waals surface area contributed by atoms with Crippen LogP contribution in [-0.4, -0.2) is 37.5 Å². The summed E-state index contributed by atoms with van der Waals surface area (Å²) in [6, 6.07) is 7.28. The van der Waals surface area contributed by atoms with E-state index in [1.807, 2.05) is 35.0 Å². The quantitative estimate of drug-likeness (QED) is 0.637. The first kappa shape index (κ1) is 14.8. The Hall–Kier alpha value is -3.16. The molecule has 8 nitrogen and oxygen atoms in total. The van der Waals surface area contributed by atoms with E-state index >= 15 is 0 Å². The summed E-state index contributed by atoms with van der Waals surface area (Å²) >= 11 is 0. The SMILES string of the molecule is NC(=O)c1n[nH]nc1-c1ccc(OCCCn2ccnc2)cc1. The van der Waals surface area contributed by atoms with Crippen molar-refractivity contribution in [1.29, 1.82) is 0 Å². The topological polar surface area (TPSA) is 112 Å². The number of ether oxygens (including phenoxy) is 1. The van der Waals surface area contributed by atoms with Crippen LogP contribution in [0.25, 0.3) is 11.3 Å². The van der Waals surface area contributed by atoms with Gasteiger partial charge in [-0.3, -0.25) is 4.79 Å². The average molecular weight is 312 g/mol. The van der Waals surface area contributed by atoms with E-state index in [-0.39, 0.29) is 5.69 Å². The minimum absolute atomic E-state index is 0.124. The number of amides is 1. The molecule has 118 valence electrons. The second-order valence-electron chi connectivity index (χ2n) is 4.91. The maximum absolute atomic E-state index is 11.3. The van der Waals surface area contributed by atoms with Crippen molar-refractivity contribution in [3.63, 3.8) is 0 Å². The van der Waals surface area contributed by atoms with Crippen molar-refractivity contribution in [2.75, 3.05) is 6.61 Å². The number of aromatic nitrogens is 5. The highest BCUT2D eigenvalue weighted by molar-refractivity contribution is 5.96. The van der Waals surface area contributed by atoms with Gasteiger partial charge in [0.05, 0.1) is 12.9 Å². The molecule has 3 rings (SSSR count). The van der Waals surface area contributed by atoms with Crippen LogP contribution < -0.4 is 10.5 Å². The number of benzene rings is 1. The molecule has 2 heterocycles. The first-order valence-corrected chi connectivity index (χ1v) is 7.13. The molecule has 0 radical (unpaired) electrons. The van der Waals surface area contributed by atoms with Crippen molar-refractivity contribution in [2.24, 2.45) is 5.73 Å². The van der Waals surface area contributed by atoms with Crippen molar-refractivity contribution in [3.8, 4) is 17.0 Å². The third-order valence-corrected chi connectivity index (χ3v) is 3.30. The van der Waals surface area contributed by atoms with Gasteiger partial charge in [0.1, 0.15) is 11.4 Å². The van der Waals surface area contributed by atoms with Gasteiger partial charge in [-0.2, -0.15) is 15.4 Å². The standard InChI is InChI=1S/C15H16N6O2/c16-15(22)14-13(18-20-19-14)11-2-4-12(5-3-11)23-9-1-7-21-8-6-17-10-21/h2-6,8,10H,1,7,9H2,(H2,16,22)(H,18,19,20). The molecule has 0 unspecified atom stereocenters. The van der Waals surface area contributed by atoms with Crippen LogP contribution in [0.5, 0.6) is 5.75 Å². The van der Waals surface area contributed by atoms with E-state index in [0.717, 1.165) is 24.3 Å². The molecule has 0 fully saturated rings. The van der Waals surface area contributed by atoms with Gasteiger partial charge in [-0.05, 0) is 30.7 Å². The number of hydrogen-bond acceptors (Lipinski definition) is 5. The Labute approximate surface area is 132 Å². The number of aryl methyl sites for hydroxylation is 1. The fourth-order valence-corrected chi connectivity index (χ4v) is 2.17. The predicted octanol–water partition coefficient (Wildman–Crippen LogP) is 1.24. The van der Waals surface area contributed by atoms with Crippen LogP contribution in [-0.2, 0) is 6.54 Å². The number of primary amides is 1. The third kappa shape index (κ3) is 3.54. The summed E-state index contributed by atoms with van der Waals surface area (Å²) in [5, 5.41) is 10.1. The molecule has 0 atom stereocenters. The monoisotopic (exact) mass is 312 g/mol. The molecule has 8 heteroatoms. The van der Waals surface area contributed by atoms with E-state index in [1.165, 1.54) is 0 Å². The van der Waals surface area contributed by atoms with E-state index in [9.17, 15) is 4.79 Å². The Morgan fingerprint density at radius 3 is 2.78 bits per heavy atom. The van der Waals surface area contributed by atoms with Crippen molar-refractivity contribution in [1.82, 2.24) is 25.0 Å². The van der Waals surface area contributed by atoms with Crippen molar-refractivity contribution >= 4 is 5.91 Å². The molecule has 0 bridgehead atoms. The van der Waals surface area contributed by atoms with Gasteiger partial charge in [-0.15, -0.1) is 0 Å². The van der Waals surface area contributed by atoms with Crippen LogP contribution in [0.1, 0.15) is 16.9 Å². The molecular formula is C15H16N6O2. The van der Waals surface area contributed by atoms with Crippen molar-refractivity contribution < 1.29 is 9.53 Å². The van der Waals surface area contributed by atoms with E-state index < -0.39 is 5.91 Å². The molecule has 2 aromatic heterocycles. The lowest BCUT2D eigenvalue weighted by Crippen LogP contribution is -2.12. The smallest absolute Gasteiger partial charge is 0.271 e. The molecule has 23 heavy (non-hydrogen) atoms. The number of rotatable bonds is 7. The van der Waals surface area contributed by atoms with Crippen LogP contribution in [0, 0.1) is 0 Å². The molecule has 3 aromatic rings. The van der Waals surface area contributed by atoms with E-state index in [0.29, 0.717) is 12.3 Å². The maximum Gasteiger partial charge on any atom is 0.271 e. The number of aromatic amines is 1. The zero-order valence-electron chi connectivity index (χ0n) is 12.3. The second kappa shape index (κ2) is 6.73. The Morgan fingerprint density at radius 1 is 1.26 bits per heavy atom. The molecular weight excluding hydrogens is 296 g/mol. The number of carbonyl (C=O) groups excluding carboxylic acids is 1. The lowest BCUT2D eigenvalue weighted by atomic mass is 10.1. The van der Waals surface area contributed by atoms with Gasteiger partial charge in [0.25, 0.3) is 5.91 Å². The molecule has 0 saturated carbocycles. The minimum Gasteiger partial charge on any atom is -0.494 e. The number of nitrogens with zero attached hydrogens (tertiary/aromatic N) is 4.